The summed E-state index contributed by atoms with van der Waals surface area (Å²) in [5, 5.41) is 0. The molecule has 0 bridgehead atoms. The maximum atomic E-state index is 12.8. The smallest absolute Gasteiger partial charge is 0.306 e. The number of carbonyl (C=O) groups is 2. The van der Waals surface area contributed by atoms with Crippen LogP contribution in [0.4, 0.5) is 0 Å². The Kier molecular flexibility index (Phi) is 56.5. The summed E-state index contributed by atoms with van der Waals surface area (Å²) in [6, 6.07) is 0. The Morgan fingerprint density at radius 1 is 0.388 bits per heavy atom. The van der Waals surface area contributed by atoms with Crippen LogP contribution in [0.25, 0.3) is 0 Å². The van der Waals surface area contributed by atoms with E-state index in [0.717, 1.165) is 96.3 Å². The van der Waals surface area contributed by atoms with Crippen LogP contribution in [0.15, 0.2) is 146 Å². The second-order valence-electron chi connectivity index (χ2n) is 21.7. The molecule has 0 saturated carbocycles. The SMILES string of the molecule is CC/C=C\C/C=C\C/C=C\C/C=C\C/C=C\C/C=C\C/C=C\CCCC(=O)OC(COC(=O)CCCCCCCCCCCCCCCCCCC/C=C\C/C=C\C/C=C\C/C=C\C/C=C\CC)COP(=O)([O-])OCC[N+](C)(C)C. The maximum absolute atomic E-state index is 12.8. The summed E-state index contributed by atoms with van der Waals surface area (Å²) < 4.78 is 34.1. The summed E-state index contributed by atoms with van der Waals surface area (Å²) in [5.41, 5.74) is 0. The van der Waals surface area contributed by atoms with Crippen LogP contribution in [-0.4, -0.2) is 70.0 Å². The van der Waals surface area contributed by atoms with Gasteiger partial charge in [-0.25, -0.2) is 0 Å². The molecule has 0 aliphatic rings. The molecule has 0 aliphatic heterocycles. The third-order valence-electron chi connectivity index (χ3n) is 12.9. The highest BCUT2D eigenvalue weighted by molar-refractivity contribution is 7.45. The standard InChI is InChI=1S/C70H116NO8P/c1-6-8-10-12-14-16-18-20-22-24-26-28-30-31-32-33-34-35-36-37-38-39-41-42-44-46-48-50-52-54-56-58-60-62-69(72)76-66-68(67-78-80(74,75)77-65-64-71(3,4)5)79-70(73)63-61-59-57-55-53-51-49-47-45-43-40-29-27-25-23-21-19-17-15-13-11-9-7-2/h8-11,14-17,20-23,26-29,31-32,43,45,49,51,55,57,68H,6-7,12-13,18-19,24-25,30,33-42,44,46-48,50,52-54,56,58-67H2,1-5H3/b10-8-,11-9-,16-14-,17-15-,22-20-,23-21-,28-26-,29-27-,32-31-,45-43-,51-49-,57-55-. The predicted molar refractivity (Wildman–Crippen MR) is 341 cm³/mol. The van der Waals surface area contributed by atoms with E-state index in [-0.39, 0.29) is 26.1 Å². The van der Waals surface area contributed by atoms with E-state index < -0.39 is 32.5 Å². The Labute approximate surface area is 491 Å². The first kappa shape index (κ1) is 75.9. The van der Waals surface area contributed by atoms with Crippen LogP contribution in [-0.2, 0) is 32.7 Å². The lowest BCUT2D eigenvalue weighted by molar-refractivity contribution is -0.870. The molecule has 0 aromatic heterocycles. The van der Waals surface area contributed by atoms with Gasteiger partial charge < -0.3 is 27.9 Å². The summed E-state index contributed by atoms with van der Waals surface area (Å²) in [7, 11) is 1.11. The minimum Gasteiger partial charge on any atom is -0.756 e. The number of likely N-dealkylation sites (N-methyl/N-ethyl adjacent to an activating group) is 1. The van der Waals surface area contributed by atoms with Crippen LogP contribution < -0.4 is 4.89 Å². The Hall–Kier alpha value is -4.11. The number of ether oxygens (including phenoxy) is 2. The van der Waals surface area contributed by atoms with Gasteiger partial charge in [0.25, 0.3) is 7.82 Å². The molecule has 0 spiro atoms. The number of quaternary nitrogens is 1. The average Bonchev–Trinajstić information content (AvgIpc) is 3.42. The van der Waals surface area contributed by atoms with Gasteiger partial charge in [-0.1, -0.05) is 256 Å². The van der Waals surface area contributed by atoms with E-state index in [4.69, 9.17) is 18.5 Å². The largest absolute Gasteiger partial charge is 0.756 e. The van der Waals surface area contributed by atoms with Crippen molar-refractivity contribution in [2.45, 2.75) is 238 Å². The quantitative estimate of drug-likeness (QED) is 0.0195. The van der Waals surface area contributed by atoms with Crippen molar-refractivity contribution in [3.05, 3.63) is 146 Å². The van der Waals surface area contributed by atoms with Crippen molar-refractivity contribution in [2.75, 3.05) is 47.5 Å². The molecule has 2 atom stereocenters. The average molecular weight is 1130 g/mol. The van der Waals surface area contributed by atoms with E-state index in [9.17, 15) is 19.0 Å². The van der Waals surface area contributed by atoms with E-state index >= 15 is 0 Å². The van der Waals surface area contributed by atoms with Gasteiger partial charge in [0.15, 0.2) is 6.10 Å². The molecule has 0 rings (SSSR count). The molecule has 0 aliphatic carbocycles. The van der Waals surface area contributed by atoms with Gasteiger partial charge in [0, 0.05) is 12.8 Å². The third kappa shape index (κ3) is 63.1. The number of hydrogen-bond acceptors (Lipinski definition) is 8. The summed E-state index contributed by atoms with van der Waals surface area (Å²) in [4.78, 5) is 37.9. The van der Waals surface area contributed by atoms with Crippen LogP contribution in [0.3, 0.4) is 0 Å². The van der Waals surface area contributed by atoms with Crippen molar-refractivity contribution in [3.8, 4) is 0 Å². The molecular weight excluding hydrogens is 1010 g/mol. The number of unbranched alkanes of at least 4 members (excludes halogenated alkanes) is 18. The second kappa shape index (κ2) is 59.5. The van der Waals surface area contributed by atoms with Gasteiger partial charge in [-0.2, -0.15) is 0 Å². The topological polar surface area (TPSA) is 111 Å². The van der Waals surface area contributed by atoms with Gasteiger partial charge in [0.2, 0.25) is 0 Å². The molecule has 80 heavy (non-hydrogen) atoms. The second-order valence-corrected chi connectivity index (χ2v) is 23.1. The number of esters is 2. The lowest BCUT2D eigenvalue weighted by atomic mass is 10.0. The maximum Gasteiger partial charge on any atom is 0.306 e. The fourth-order valence-corrected chi connectivity index (χ4v) is 8.81. The van der Waals surface area contributed by atoms with Crippen LogP contribution in [0, 0.1) is 0 Å². The predicted octanol–water partition coefficient (Wildman–Crippen LogP) is 19.6. The van der Waals surface area contributed by atoms with Crippen LogP contribution in [0.2, 0.25) is 0 Å². The van der Waals surface area contributed by atoms with Crippen molar-refractivity contribution >= 4 is 19.8 Å². The molecule has 10 heteroatoms. The lowest BCUT2D eigenvalue weighted by Gasteiger charge is -2.28. The highest BCUT2D eigenvalue weighted by Gasteiger charge is 2.21. The van der Waals surface area contributed by atoms with Crippen molar-refractivity contribution < 1.29 is 42.1 Å². The zero-order valence-electron chi connectivity index (χ0n) is 51.5. The first-order valence-corrected chi connectivity index (χ1v) is 33.0. The Morgan fingerprint density at radius 3 is 1.04 bits per heavy atom. The van der Waals surface area contributed by atoms with Gasteiger partial charge in [-0.15, -0.1) is 0 Å². The molecule has 0 aromatic rings. The minimum absolute atomic E-state index is 0.0487. The Morgan fingerprint density at radius 2 is 0.688 bits per heavy atom. The van der Waals surface area contributed by atoms with Gasteiger partial charge >= 0.3 is 11.9 Å². The highest BCUT2D eigenvalue weighted by Crippen LogP contribution is 2.38. The molecule has 0 amide bonds. The monoisotopic (exact) mass is 1130 g/mol. The Balaban J connectivity index is 4.17. The highest BCUT2D eigenvalue weighted by atomic mass is 31.2. The summed E-state index contributed by atoms with van der Waals surface area (Å²) in [6.45, 7) is 3.94. The van der Waals surface area contributed by atoms with Gasteiger partial charge in [0.1, 0.15) is 19.8 Å². The zero-order chi connectivity index (χ0) is 58.4. The minimum atomic E-state index is -4.66. The van der Waals surface area contributed by atoms with Crippen LogP contribution in [0.5, 0.6) is 0 Å². The zero-order valence-corrected chi connectivity index (χ0v) is 52.4. The fraction of sp³-hybridized carbons (Fsp3) is 0.629. The van der Waals surface area contributed by atoms with E-state index in [1.165, 1.54) is 89.9 Å². The number of allylic oxidation sites excluding steroid dienone is 24. The molecule has 0 saturated heterocycles. The number of phosphoric ester groups is 1. The van der Waals surface area contributed by atoms with Crippen molar-refractivity contribution in [3.63, 3.8) is 0 Å². The molecule has 0 aromatic carbocycles. The number of rotatable bonds is 56. The number of hydrogen-bond donors (Lipinski definition) is 0. The number of carbonyl (C=O) groups excluding carboxylic acids is 2. The van der Waals surface area contributed by atoms with E-state index in [0.29, 0.717) is 30.3 Å². The van der Waals surface area contributed by atoms with Gasteiger partial charge in [-0.05, 0) is 109 Å². The first-order valence-electron chi connectivity index (χ1n) is 31.5. The van der Waals surface area contributed by atoms with Crippen LogP contribution >= 0.6 is 7.82 Å². The van der Waals surface area contributed by atoms with Crippen molar-refractivity contribution in [2.24, 2.45) is 0 Å². The number of nitrogens with zero attached hydrogens (tertiary/aromatic N) is 1. The van der Waals surface area contributed by atoms with Crippen molar-refractivity contribution in [1.82, 2.24) is 0 Å². The third-order valence-corrected chi connectivity index (χ3v) is 13.8. The van der Waals surface area contributed by atoms with Gasteiger partial charge in [-0.3, -0.25) is 14.2 Å². The summed E-state index contributed by atoms with van der Waals surface area (Å²) in [6.07, 6.45) is 87.8. The molecular formula is C70H116NO8P. The molecule has 0 N–H and O–H groups in total. The summed E-state index contributed by atoms with van der Waals surface area (Å²) >= 11 is 0. The normalized spacial score (nSPS) is 14.2. The lowest BCUT2D eigenvalue weighted by Crippen LogP contribution is -2.37. The van der Waals surface area contributed by atoms with E-state index in [1.54, 1.807) is 0 Å². The fourth-order valence-electron chi connectivity index (χ4n) is 8.08. The molecule has 454 valence electrons. The molecule has 2 unspecified atom stereocenters. The molecule has 0 heterocycles. The van der Waals surface area contributed by atoms with E-state index in [2.05, 4.69) is 154 Å². The van der Waals surface area contributed by atoms with Crippen molar-refractivity contribution in [1.29, 1.82) is 0 Å². The van der Waals surface area contributed by atoms with Gasteiger partial charge in [0.05, 0.1) is 27.7 Å². The Bertz CT molecular complexity index is 1860. The molecule has 9 nitrogen and oxygen atoms in total. The first-order chi connectivity index (χ1) is 39.0. The summed E-state index contributed by atoms with van der Waals surface area (Å²) in [5.74, 6) is -0.909. The van der Waals surface area contributed by atoms with E-state index in [1.807, 2.05) is 27.2 Å². The molecule has 0 radical (unpaired) electrons. The number of phosphoric acid groups is 1. The molecule has 0 fully saturated rings. The van der Waals surface area contributed by atoms with Crippen LogP contribution in [0.1, 0.15) is 232 Å².